The molecule has 106 valence electrons. The molecule has 0 saturated heterocycles. The predicted molar refractivity (Wildman–Crippen MR) is 73.7 cm³/mol. The Labute approximate surface area is 117 Å². The first kappa shape index (κ1) is 13.1. The summed E-state index contributed by atoms with van der Waals surface area (Å²) >= 11 is 0. The lowest BCUT2D eigenvalue weighted by Crippen LogP contribution is -2.13. The zero-order valence-electron chi connectivity index (χ0n) is 10.7. The number of anilines is 1. The average Bonchev–Trinajstić information content (AvgIpc) is 3.18. The van der Waals surface area contributed by atoms with Crippen LogP contribution in [-0.4, -0.2) is 23.1 Å². The molecule has 0 amide bonds. The van der Waals surface area contributed by atoms with Gasteiger partial charge in [-0.2, -0.15) is 0 Å². The standard InChI is InChI=1S/C13H15N3O3S/c17-9-11-7-12(8-16(11)10-4-5-10)20(18,19)15-13-3-1-2-6-14-13/h1-3,6-8,10,17H,4-5,9H2,(H,14,15). The summed E-state index contributed by atoms with van der Waals surface area (Å²) < 4.78 is 28.8. The molecular formula is C13H15N3O3S. The molecule has 0 radical (unpaired) electrons. The van der Waals surface area contributed by atoms with Crippen LogP contribution in [0.1, 0.15) is 24.6 Å². The normalized spacial score (nSPS) is 15.2. The van der Waals surface area contributed by atoms with E-state index in [0.717, 1.165) is 12.8 Å². The lowest BCUT2D eigenvalue weighted by Gasteiger charge is -2.05. The smallest absolute Gasteiger partial charge is 0.264 e. The molecule has 2 aromatic rings. The summed E-state index contributed by atoms with van der Waals surface area (Å²) in [7, 11) is -3.68. The monoisotopic (exact) mass is 293 g/mol. The molecule has 0 aromatic carbocycles. The zero-order chi connectivity index (χ0) is 14.2. The van der Waals surface area contributed by atoms with Gasteiger partial charge < -0.3 is 9.67 Å². The molecule has 1 aliphatic carbocycles. The fourth-order valence-electron chi connectivity index (χ4n) is 2.08. The van der Waals surface area contributed by atoms with Gasteiger partial charge in [0.05, 0.1) is 6.61 Å². The molecule has 0 spiro atoms. The number of sulfonamides is 1. The summed E-state index contributed by atoms with van der Waals surface area (Å²) in [6.07, 6.45) is 5.14. The van der Waals surface area contributed by atoms with Gasteiger partial charge in [0.2, 0.25) is 0 Å². The van der Waals surface area contributed by atoms with Crippen LogP contribution in [0.2, 0.25) is 0 Å². The second kappa shape index (κ2) is 4.92. The molecule has 2 heterocycles. The maximum Gasteiger partial charge on any atom is 0.264 e. The quantitative estimate of drug-likeness (QED) is 0.875. The van der Waals surface area contributed by atoms with E-state index in [1.165, 1.54) is 12.3 Å². The highest BCUT2D eigenvalue weighted by Crippen LogP contribution is 2.37. The highest BCUT2D eigenvalue weighted by atomic mass is 32.2. The highest BCUT2D eigenvalue weighted by Gasteiger charge is 2.28. The van der Waals surface area contributed by atoms with Crippen LogP contribution in [0.4, 0.5) is 5.82 Å². The summed E-state index contributed by atoms with van der Waals surface area (Å²) in [6.45, 7) is -0.171. The van der Waals surface area contributed by atoms with Crippen LogP contribution in [0.5, 0.6) is 0 Å². The number of hydrogen-bond acceptors (Lipinski definition) is 4. The molecular weight excluding hydrogens is 278 g/mol. The van der Waals surface area contributed by atoms with Crippen LogP contribution in [0.15, 0.2) is 41.6 Å². The highest BCUT2D eigenvalue weighted by molar-refractivity contribution is 7.92. The molecule has 0 bridgehead atoms. The van der Waals surface area contributed by atoms with Crippen LogP contribution in [0.3, 0.4) is 0 Å². The lowest BCUT2D eigenvalue weighted by atomic mass is 10.4. The molecule has 2 N–H and O–H groups in total. The molecule has 0 atom stereocenters. The zero-order valence-corrected chi connectivity index (χ0v) is 11.5. The van der Waals surface area contributed by atoms with Crippen molar-refractivity contribution in [3.8, 4) is 0 Å². The average molecular weight is 293 g/mol. The van der Waals surface area contributed by atoms with E-state index in [-0.39, 0.29) is 17.3 Å². The number of rotatable bonds is 5. The van der Waals surface area contributed by atoms with Gasteiger partial charge in [-0.05, 0) is 31.0 Å². The minimum Gasteiger partial charge on any atom is -0.390 e. The molecule has 3 rings (SSSR count). The van der Waals surface area contributed by atoms with Gasteiger partial charge in [-0.1, -0.05) is 6.07 Å². The minimum atomic E-state index is -3.68. The summed E-state index contributed by atoms with van der Waals surface area (Å²) in [6, 6.07) is 6.83. The SMILES string of the molecule is O=S(=O)(Nc1ccccn1)c1cc(CO)n(C2CC2)c1. The number of nitrogens with one attached hydrogen (secondary N) is 1. The largest absolute Gasteiger partial charge is 0.390 e. The van der Waals surface area contributed by atoms with E-state index in [0.29, 0.717) is 11.7 Å². The first-order valence-electron chi connectivity index (χ1n) is 6.35. The third-order valence-corrected chi connectivity index (χ3v) is 4.54. The van der Waals surface area contributed by atoms with Crippen molar-refractivity contribution in [2.24, 2.45) is 0 Å². The number of hydrogen-bond donors (Lipinski definition) is 2. The van der Waals surface area contributed by atoms with Gasteiger partial charge in [0.1, 0.15) is 10.7 Å². The maximum absolute atomic E-state index is 12.3. The van der Waals surface area contributed by atoms with Crippen LogP contribution >= 0.6 is 0 Å². The number of aromatic nitrogens is 2. The van der Waals surface area contributed by atoms with Gasteiger partial charge in [0.15, 0.2) is 0 Å². The van der Waals surface area contributed by atoms with Crippen molar-refractivity contribution in [1.29, 1.82) is 0 Å². The van der Waals surface area contributed by atoms with Crippen molar-refractivity contribution in [3.63, 3.8) is 0 Å². The van der Waals surface area contributed by atoms with E-state index in [9.17, 15) is 13.5 Å². The molecule has 1 aliphatic rings. The Balaban J connectivity index is 1.91. The third-order valence-electron chi connectivity index (χ3n) is 3.22. The number of nitrogens with zero attached hydrogens (tertiary/aromatic N) is 2. The third kappa shape index (κ3) is 2.54. The van der Waals surface area contributed by atoms with E-state index in [4.69, 9.17) is 0 Å². The van der Waals surface area contributed by atoms with Gasteiger partial charge >= 0.3 is 0 Å². The lowest BCUT2D eigenvalue weighted by molar-refractivity contribution is 0.270. The van der Waals surface area contributed by atoms with Crippen LogP contribution in [0, 0.1) is 0 Å². The fraction of sp³-hybridized carbons (Fsp3) is 0.308. The van der Waals surface area contributed by atoms with Crippen molar-refractivity contribution in [2.45, 2.75) is 30.4 Å². The minimum absolute atomic E-state index is 0.152. The van der Waals surface area contributed by atoms with E-state index in [1.807, 2.05) is 4.57 Å². The van der Waals surface area contributed by atoms with Crippen LogP contribution in [-0.2, 0) is 16.6 Å². The van der Waals surface area contributed by atoms with Gasteiger partial charge in [0.25, 0.3) is 10.0 Å². The molecule has 6 nitrogen and oxygen atoms in total. The van der Waals surface area contributed by atoms with Crippen molar-refractivity contribution >= 4 is 15.8 Å². The van der Waals surface area contributed by atoms with Crippen molar-refractivity contribution < 1.29 is 13.5 Å². The van der Waals surface area contributed by atoms with E-state index in [1.54, 1.807) is 24.4 Å². The molecule has 7 heteroatoms. The Morgan fingerprint density at radius 2 is 2.20 bits per heavy atom. The first-order chi connectivity index (χ1) is 9.60. The topological polar surface area (TPSA) is 84.2 Å². The number of pyridine rings is 1. The van der Waals surface area contributed by atoms with Gasteiger partial charge in [0, 0.05) is 24.1 Å². The molecule has 0 unspecified atom stereocenters. The van der Waals surface area contributed by atoms with E-state index >= 15 is 0 Å². The fourth-order valence-corrected chi connectivity index (χ4v) is 3.14. The van der Waals surface area contributed by atoms with Crippen molar-refractivity contribution in [3.05, 3.63) is 42.4 Å². The maximum atomic E-state index is 12.3. The summed E-state index contributed by atoms with van der Waals surface area (Å²) in [5, 5.41) is 9.32. The molecule has 1 fully saturated rings. The molecule has 20 heavy (non-hydrogen) atoms. The van der Waals surface area contributed by atoms with Gasteiger partial charge in [-0.3, -0.25) is 4.72 Å². The first-order valence-corrected chi connectivity index (χ1v) is 7.84. The van der Waals surface area contributed by atoms with E-state index < -0.39 is 10.0 Å². The molecule has 2 aromatic heterocycles. The summed E-state index contributed by atoms with van der Waals surface area (Å²) in [5.41, 5.74) is 0.619. The summed E-state index contributed by atoms with van der Waals surface area (Å²) in [5.74, 6) is 0.275. The predicted octanol–water partition coefficient (Wildman–Crippen LogP) is 1.51. The molecule has 0 aliphatic heterocycles. The Morgan fingerprint density at radius 1 is 1.40 bits per heavy atom. The second-order valence-electron chi connectivity index (χ2n) is 4.78. The summed E-state index contributed by atoms with van der Waals surface area (Å²) in [4.78, 5) is 4.09. The van der Waals surface area contributed by atoms with Gasteiger partial charge in [-0.25, -0.2) is 13.4 Å². The van der Waals surface area contributed by atoms with Crippen LogP contribution < -0.4 is 4.72 Å². The number of aliphatic hydroxyl groups is 1. The Kier molecular flexibility index (Phi) is 3.23. The molecule has 1 saturated carbocycles. The van der Waals surface area contributed by atoms with E-state index in [2.05, 4.69) is 9.71 Å². The Morgan fingerprint density at radius 3 is 2.80 bits per heavy atom. The Bertz CT molecular complexity index is 706. The Hall–Kier alpha value is -1.86. The van der Waals surface area contributed by atoms with Crippen LogP contribution in [0.25, 0.3) is 0 Å². The second-order valence-corrected chi connectivity index (χ2v) is 6.47. The van der Waals surface area contributed by atoms with Gasteiger partial charge in [-0.15, -0.1) is 0 Å². The van der Waals surface area contributed by atoms with Crippen molar-refractivity contribution in [2.75, 3.05) is 4.72 Å². The number of aliphatic hydroxyl groups excluding tert-OH is 1. The van der Waals surface area contributed by atoms with Crippen molar-refractivity contribution in [1.82, 2.24) is 9.55 Å².